The lowest BCUT2D eigenvalue weighted by atomic mass is 10.3. The molecule has 4 heterocycles. The van der Waals surface area contributed by atoms with Crippen LogP contribution in [0.15, 0.2) is 46.6 Å². The Hall–Kier alpha value is -2.75. The van der Waals surface area contributed by atoms with E-state index in [4.69, 9.17) is 16.6 Å². The molecule has 31 heavy (non-hydrogen) atoms. The SMILES string of the molecule is O=C(Cn1c(=O)nc(-c2cccs2)c2nc(N3CCCC3)sc21)Nc1ccc(Cl)cc1. The van der Waals surface area contributed by atoms with E-state index in [0.717, 1.165) is 35.9 Å². The minimum absolute atomic E-state index is 0.142. The second kappa shape index (κ2) is 8.41. The summed E-state index contributed by atoms with van der Waals surface area (Å²) in [6.07, 6.45) is 2.25. The molecule has 0 spiro atoms. The molecule has 158 valence electrons. The van der Waals surface area contributed by atoms with Gasteiger partial charge in [0.05, 0.1) is 4.88 Å². The van der Waals surface area contributed by atoms with E-state index in [1.54, 1.807) is 24.3 Å². The predicted octanol–water partition coefficient (Wildman–Crippen LogP) is 4.47. The third-order valence-electron chi connectivity index (χ3n) is 5.07. The molecule has 0 aliphatic carbocycles. The Labute approximate surface area is 190 Å². The van der Waals surface area contributed by atoms with E-state index in [9.17, 15) is 9.59 Å². The highest BCUT2D eigenvalue weighted by atomic mass is 35.5. The molecule has 1 N–H and O–H groups in total. The molecule has 0 unspecified atom stereocenters. The summed E-state index contributed by atoms with van der Waals surface area (Å²) < 4.78 is 1.41. The number of aromatic nitrogens is 3. The van der Waals surface area contributed by atoms with E-state index in [0.29, 0.717) is 26.8 Å². The molecule has 7 nitrogen and oxygen atoms in total. The van der Waals surface area contributed by atoms with Crippen molar-refractivity contribution in [1.82, 2.24) is 14.5 Å². The van der Waals surface area contributed by atoms with E-state index in [1.807, 2.05) is 17.5 Å². The van der Waals surface area contributed by atoms with Crippen molar-refractivity contribution >= 4 is 61.3 Å². The molecule has 0 atom stereocenters. The van der Waals surface area contributed by atoms with Crippen molar-refractivity contribution in [1.29, 1.82) is 0 Å². The summed E-state index contributed by atoms with van der Waals surface area (Å²) >= 11 is 8.86. The van der Waals surface area contributed by atoms with Crippen LogP contribution in [0.1, 0.15) is 12.8 Å². The Balaban J connectivity index is 1.54. The van der Waals surface area contributed by atoms with Crippen molar-refractivity contribution in [3.8, 4) is 10.6 Å². The number of nitrogens with one attached hydrogen (secondary N) is 1. The molecule has 10 heteroatoms. The summed E-state index contributed by atoms with van der Waals surface area (Å²) in [4.78, 5) is 38.5. The van der Waals surface area contributed by atoms with Crippen LogP contribution < -0.4 is 15.9 Å². The average Bonchev–Trinajstić information content (AvgIpc) is 3.53. The molecule has 0 saturated carbocycles. The zero-order valence-corrected chi connectivity index (χ0v) is 18.8. The summed E-state index contributed by atoms with van der Waals surface area (Å²) in [5, 5.41) is 6.20. The molecule has 5 rings (SSSR count). The van der Waals surface area contributed by atoms with Gasteiger partial charge in [0.2, 0.25) is 5.91 Å². The van der Waals surface area contributed by atoms with E-state index >= 15 is 0 Å². The molecule has 1 aliphatic rings. The molecule has 1 saturated heterocycles. The van der Waals surface area contributed by atoms with E-state index in [2.05, 4.69) is 15.2 Å². The second-order valence-corrected chi connectivity index (χ2v) is 9.55. The van der Waals surface area contributed by atoms with Gasteiger partial charge in [-0.25, -0.2) is 9.78 Å². The van der Waals surface area contributed by atoms with Gasteiger partial charge in [0.15, 0.2) is 5.13 Å². The van der Waals surface area contributed by atoms with Gasteiger partial charge in [-0.2, -0.15) is 4.98 Å². The number of carbonyl (C=O) groups excluding carboxylic acids is 1. The Morgan fingerprint density at radius 1 is 1.13 bits per heavy atom. The number of thiophene rings is 1. The molecule has 1 aliphatic heterocycles. The fourth-order valence-corrected chi connectivity index (χ4v) is 5.53. The first-order chi connectivity index (χ1) is 15.1. The number of rotatable bonds is 5. The maximum Gasteiger partial charge on any atom is 0.349 e. The van der Waals surface area contributed by atoms with Crippen molar-refractivity contribution in [2.24, 2.45) is 0 Å². The highest BCUT2D eigenvalue weighted by Gasteiger charge is 2.23. The van der Waals surface area contributed by atoms with Gasteiger partial charge in [-0.05, 0) is 48.6 Å². The van der Waals surface area contributed by atoms with Crippen molar-refractivity contribution in [3.05, 3.63) is 57.3 Å². The number of fused-ring (bicyclic) bond motifs is 1. The fourth-order valence-electron chi connectivity index (χ4n) is 3.58. The van der Waals surface area contributed by atoms with E-state index in [1.165, 1.54) is 27.2 Å². The largest absolute Gasteiger partial charge is 0.349 e. The molecule has 1 fully saturated rings. The number of hydrogen-bond donors (Lipinski definition) is 1. The van der Waals surface area contributed by atoms with Gasteiger partial charge >= 0.3 is 5.69 Å². The monoisotopic (exact) mass is 471 g/mol. The van der Waals surface area contributed by atoms with Crippen LogP contribution in [0, 0.1) is 0 Å². The lowest BCUT2D eigenvalue weighted by Gasteiger charge is -2.11. The molecule has 1 amide bonds. The second-order valence-electron chi connectivity index (χ2n) is 7.21. The van der Waals surface area contributed by atoms with Crippen LogP contribution in [0.3, 0.4) is 0 Å². The van der Waals surface area contributed by atoms with Gasteiger partial charge in [-0.3, -0.25) is 9.36 Å². The molecular formula is C21H18ClN5O2S2. The van der Waals surface area contributed by atoms with E-state index < -0.39 is 5.69 Å². The van der Waals surface area contributed by atoms with Crippen LogP contribution in [0.5, 0.6) is 0 Å². The summed E-state index contributed by atoms with van der Waals surface area (Å²) in [5.41, 5.74) is 1.39. The predicted molar refractivity (Wildman–Crippen MR) is 127 cm³/mol. The Bertz CT molecular complexity index is 1290. The Morgan fingerprint density at radius 2 is 1.90 bits per heavy atom. The minimum atomic E-state index is -0.459. The van der Waals surface area contributed by atoms with Crippen molar-refractivity contribution in [2.45, 2.75) is 19.4 Å². The summed E-state index contributed by atoms with van der Waals surface area (Å²) in [5.74, 6) is -0.312. The number of hydrogen-bond acceptors (Lipinski definition) is 7. The number of thiazole rings is 1. The van der Waals surface area contributed by atoms with Gasteiger partial charge in [-0.15, -0.1) is 11.3 Å². The van der Waals surface area contributed by atoms with E-state index in [-0.39, 0.29) is 12.5 Å². The van der Waals surface area contributed by atoms with Crippen molar-refractivity contribution < 1.29 is 4.79 Å². The first kappa shape index (κ1) is 20.2. The topological polar surface area (TPSA) is 80.1 Å². The van der Waals surface area contributed by atoms with Crippen LogP contribution in [-0.4, -0.2) is 33.5 Å². The van der Waals surface area contributed by atoms with Crippen LogP contribution in [0.2, 0.25) is 5.02 Å². The van der Waals surface area contributed by atoms with Crippen LogP contribution in [0.4, 0.5) is 10.8 Å². The standard InChI is InChI=1S/C21H18ClN5O2S2/c22-13-5-7-14(8-6-13)23-16(28)12-27-19-18(25-21(31-19)26-9-1-2-10-26)17(24-20(27)29)15-4-3-11-30-15/h3-8,11H,1-2,9-10,12H2,(H,23,28). The third kappa shape index (κ3) is 4.08. The number of amides is 1. The highest BCUT2D eigenvalue weighted by molar-refractivity contribution is 7.22. The lowest BCUT2D eigenvalue weighted by Crippen LogP contribution is -2.29. The fraction of sp³-hybridized carbons (Fsp3) is 0.238. The Kier molecular flexibility index (Phi) is 5.47. The number of carbonyl (C=O) groups is 1. The van der Waals surface area contributed by atoms with Crippen molar-refractivity contribution in [2.75, 3.05) is 23.3 Å². The number of benzene rings is 1. The molecule has 1 aromatic carbocycles. The van der Waals surface area contributed by atoms with Gasteiger partial charge < -0.3 is 10.2 Å². The average molecular weight is 472 g/mol. The van der Waals surface area contributed by atoms with Gasteiger partial charge in [0, 0.05) is 23.8 Å². The summed E-state index contributed by atoms with van der Waals surface area (Å²) in [6.45, 7) is 1.75. The van der Waals surface area contributed by atoms with Gasteiger partial charge in [0.25, 0.3) is 0 Å². The number of nitrogens with zero attached hydrogens (tertiary/aromatic N) is 4. The lowest BCUT2D eigenvalue weighted by molar-refractivity contribution is -0.116. The maximum absolute atomic E-state index is 12.9. The molecule has 0 bridgehead atoms. The normalized spacial score (nSPS) is 13.8. The minimum Gasteiger partial charge on any atom is -0.348 e. The van der Waals surface area contributed by atoms with Gasteiger partial charge in [-0.1, -0.05) is 29.0 Å². The highest BCUT2D eigenvalue weighted by Crippen LogP contribution is 2.35. The van der Waals surface area contributed by atoms with Gasteiger partial charge in [0.1, 0.15) is 22.6 Å². The first-order valence-corrected chi connectivity index (χ1v) is 11.9. The number of halogens is 1. The smallest absolute Gasteiger partial charge is 0.348 e. The third-order valence-corrected chi connectivity index (χ3v) is 7.33. The molecule has 0 radical (unpaired) electrons. The van der Waals surface area contributed by atoms with Crippen molar-refractivity contribution in [3.63, 3.8) is 0 Å². The number of anilines is 2. The van der Waals surface area contributed by atoms with Crippen LogP contribution in [0.25, 0.3) is 20.9 Å². The van der Waals surface area contributed by atoms with Crippen LogP contribution >= 0.6 is 34.3 Å². The Morgan fingerprint density at radius 3 is 2.61 bits per heavy atom. The molecule has 3 aromatic heterocycles. The quantitative estimate of drug-likeness (QED) is 0.464. The van der Waals surface area contributed by atoms with Crippen LogP contribution in [-0.2, 0) is 11.3 Å². The summed E-state index contributed by atoms with van der Waals surface area (Å²) in [6, 6.07) is 10.7. The molecular weight excluding hydrogens is 454 g/mol. The molecule has 4 aromatic rings. The zero-order valence-electron chi connectivity index (χ0n) is 16.4. The first-order valence-electron chi connectivity index (χ1n) is 9.84. The zero-order chi connectivity index (χ0) is 21.4. The summed E-state index contributed by atoms with van der Waals surface area (Å²) in [7, 11) is 0. The maximum atomic E-state index is 12.9.